The van der Waals surface area contributed by atoms with E-state index in [2.05, 4.69) is 4.98 Å². The second-order valence-corrected chi connectivity index (χ2v) is 9.04. The van der Waals surface area contributed by atoms with Crippen molar-refractivity contribution in [3.8, 4) is 5.75 Å². The molecule has 0 radical (unpaired) electrons. The van der Waals surface area contributed by atoms with Crippen LogP contribution in [-0.2, 0) is 11.3 Å². The molecule has 1 aromatic heterocycles. The van der Waals surface area contributed by atoms with E-state index in [1.54, 1.807) is 6.20 Å². The van der Waals surface area contributed by atoms with Gasteiger partial charge in [0.05, 0.1) is 31.1 Å². The van der Waals surface area contributed by atoms with Crippen LogP contribution in [0.15, 0.2) is 59.6 Å². The van der Waals surface area contributed by atoms with Crippen LogP contribution < -0.4 is 9.64 Å². The highest BCUT2D eigenvalue weighted by Gasteiger charge is 2.65. The Bertz CT molecular complexity index is 1260. The molecule has 3 amide bonds. The Morgan fingerprint density at radius 3 is 2.42 bits per heavy atom. The molecule has 2 fully saturated rings. The molecule has 0 atom stereocenters. The van der Waals surface area contributed by atoms with Gasteiger partial charge in [0.25, 0.3) is 5.91 Å². The summed E-state index contributed by atoms with van der Waals surface area (Å²) >= 11 is -0.245. The van der Waals surface area contributed by atoms with Gasteiger partial charge in [0.1, 0.15) is 11.3 Å². The van der Waals surface area contributed by atoms with Gasteiger partial charge < -0.3 is 9.64 Å². The number of methoxy groups -OCH3 is 1. The number of amides is 3. The number of nitrogens with zero attached hydrogens (tertiary/aromatic N) is 3. The lowest BCUT2D eigenvalue weighted by Crippen LogP contribution is -2.36. The van der Waals surface area contributed by atoms with E-state index in [0.29, 0.717) is 18.6 Å². The van der Waals surface area contributed by atoms with Crippen LogP contribution in [0.4, 0.5) is 23.7 Å². The average Bonchev–Trinajstić information content (AvgIpc) is 3.55. The molecule has 1 aliphatic heterocycles. The highest BCUT2D eigenvalue weighted by molar-refractivity contribution is 8.00. The van der Waals surface area contributed by atoms with Crippen molar-refractivity contribution in [2.45, 2.75) is 35.3 Å². The minimum Gasteiger partial charge on any atom is -0.495 e. The summed E-state index contributed by atoms with van der Waals surface area (Å²) in [5.74, 6) is 0.151. The third-order valence-electron chi connectivity index (χ3n) is 5.98. The van der Waals surface area contributed by atoms with Gasteiger partial charge in [0.15, 0.2) is 0 Å². The number of rotatable bonds is 5. The number of benzene rings is 2. The first-order chi connectivity index (χ1) is 15.7. The summed E-state index contributed by atoms with van der Waals surface area (Å²) in [6.45, 7) is 0.148. The van der Waals surface area contributed by atoms with Crippen LogP contribution >= 0.6 is 11.8 Å². The summed E-state index contributed by atoms with van der Waals surface area (Å²) in [6.07, 6.45) is 2.65. The fraction of sp³-hybridized carbons (Fsp3) is 0.261. The molecule has 1 saturated heterocycles. The summed E-state index contributed by atoms with van der Waals surface area (Å²) in [5, 5.41) is 0.819. The first kappa shape index (κ1) is 21.6. The minimum absolute atomic E-state index is 0.0173. The number of anilines is 1. The van der Waals surface area contributed by atoms with Crippen molar-refractivity contribution in [2.24, 2.45) is 0 Å². The second-order valence-electron chi connectivity index (χ2n) is 7.90. The van der Waals surface area contributed by atoms with Gasteiger partial charge in [0.2, 0.25) is 0 Å². The van der Waals surface area contributed by atoms with Crippen molar-refractivity contribution < 1.29 is 27.5 Å². The first-order valence-electron chi connectivity index (χ1n) is 10.2. The van der Waals surface area contributed by atoms with Crippen LogP contribution in [-0.4, -0.2) is 40.0 Å². The Kier molecular flexibility index (Phi) is 5.00. The minimum atomic E-state index is -4.41. The molecule has 2 heterocycles. The number of alkyl halides is 3. The van der Waals surface area contributed by atoms with Crippen molar-refractivity contribution in [3.63, 3.8) is 0 Å². The number of thioether (sulfide) groups is 1. The Balaban J connectivity index is 1.48. The van der Waals surface area contributed by atoms with E-state index in [1.807, 2.05) is 24.3 Å². The average molecular weight is 473 g/mol. The summed E-state index contributed by atoms with van der Waals surface area (Å²) in [5.41, 5.74) is -3.62. The van der Waals surface area contributed by atoms with Gasteiger partial charge in [-0.15, -0.1) is 0 Å². The highest BCUT2D eigenvalue weighted by Crippen LogP contribution is 2.50. The van der Waals surface area contributed by atoms with Crippen LogP contribution in [0.1, 0.15) is 18.4 Å². The normalized spacial score (nSPS) is 17.3. The molecule has 2 aromatic carbocycles. The number of fused-ring (bicyclic) bond motifs is 1. The molecule has 6 nitrogen and oxygen atoms in total. The van der Waals surface area contributed by atoms with Gasteiger partial charge in [-0.05, 0) is 54.9 Å². The molecule has 3 aromatic rings. The number of urea groups is 1. The highest BCUT2D eigenvalue weighted by atomic mass is 32.2. The van der Waals surface area contributed by atoms with Crippen LogP contribution in [0.25, 0.3) is 10.9 Å². The number of carbonyl (C=O) groups is 2. The zero-order chi connectivity index (χ0) is 23.4. The van der Waals surface area contributed by atoms with Gasteiger partial charge in [0, 0.05) is 15.8 Å². The van der Waals surface area contributed by atoms with Crippen molar-refractivity contribution in [1.82, 2.24) is 9.88 Å². The molecular weight excluding hydrogens is 455 g/mol. The number of imide groups is 1. The van der Waals surface area contributed by atoms with Crippen molar-refractivity contribution in [3.05, 3.63) is 60.3 Å². The van der Waals surface area contributed by atoms with E-state index < -0.39 is 17.1 Å². The van der Waals surface area contributed by atoms with E-state index in [1.165, 1.54) is 36.3 Å². The molecule has 10 heteroatoms. The quantitative estimate of drug-likeness (QED) is 0.369. The topological polar surface area (TPSA) is 62.7 Å². The SMILES string of the molecule is COc1cnc2ccccc2c1CN1C(=O)N(c2ccc(SC(F)(F)F)cc2)C(=O)C12CC2. The number of ether oxygens (including phenoxy) is 1. The molecule has 0 unspecified atom stereocenters. The standard InChI is InChI=1S/C23H18F3N3O3S/c1-32-19-12-27-18-5-3-2-4-16(18)17(19)13-28-21(31)29(20(30)22(28)10-11-22)14-6-8-15(9-7-14)33-23(24,25)26/h2-9,12H,10-11,13H2,1H3. The maximum atomic E-state index is 13.4. The number of hydrogen-bond donors (Lipinski definition) is 0. The number of halogens is 3. The summed E-state index contributed by atoms with van der Waals surface area (Å²) in [6, 6.07) is 12.2. The summed E-state index contributed by atoms with van der Waals surface area (Å²) in [7, 11) is 1.52. The summed E-state index contributed by atoms with van der Waals surface area (Å²) < 4.78 is 43.4. The van der Waals surface area contributed by atoms with Crippen LogP contribution in [0.5, 0.6) is 5.75 Å². The van der Waals surface area contributed by atoms with Crippen molar-refractivity contribution in [1.29, 1.82) is 0 Å². The van der Waals surface area contributed by atoms with Crippen molar-refractivity contribution >= 4 is 40.3 Å². The first-order valence-corrected chi connectivity index (χ1v) is 11.0. The maximum Gasteiger partial charge on any atom is 0.446 e. The molecule has 2 aliphatic rings. The third-order valence-corrected chi connectivity index (χ3v) is 6.72. The lowest BCUT2D eigenvalue weighted by atomic mass is 10.1. The Morgan fingerprint density at radius 1 is 1.09 bits per heavy atom. The van der Waals surface area contributed by atoms with E-state index >= 15 is 0 Å². The molecule has 33 heavy (non-hydrogen) atoms. The van der Waals surface area contributed by atoms with Gasteiger partial charge >= 0.3 is 11.5 Å². The lowest BCUT2D eigenvalue weighted by Gasteiger charge is -2.23. The molecule has 0 N–H and O–H groups in total. The smallest absolute Gasteiger partial charge is 0.446 e. The van der Waals surface area contributed by atoms with E-state index in [9.17, 15) is 22.8 Å². The largest absolute Gasteiger partial charge is 0.495 e. The molecular formula is C23H18F3N3O3S. The Labute approximate surface area is 191 Å². The number of hydrogen-bond acceptors (Lipinski definition) is 5. The molecule has 170 valence electrons. The lowest BCUT2D eigenvalue weighted by molar-refractivity contribution is -0.120. The predicted molar refractivity (Wildman–Crippen MR) is 117 cm³/mol. The van der Waals surface area contributed by atoms with Gasteiger partial charge in [-0.25, -0.2) is 9.69 Å². The second kappa shape index (κ2) is 7.65. The van der Waals surface area contributed by atoms with Crippen LogP contribution in [0.3, 0.4) is 0 Å². The van der Waals surface area contributed by atoms with Gasteiger partial charge in [-0.2, -0.15) is 13.2 Å². The molecule has 1 saturated carbocycles. The van der Waals surface area contributed by atoms with E-state index in [-0.39, 0.29) is 34.8 Å². The number of carbonyl (C=O) groups excluding carboxylic acids is 2. The maximum absolute atomic E-state index is 13.4. The zero-order valence-electron chi connectivity index (χ0n) is 17.4. The molecule has 5 rings (SSSR count). The van der Waals surface area contributed by atoms with Crippen LogP contribution in [0.2, 0.25) is 0 Å². The fourth-order valence-corrected chi connectivity index (χ4v) is 4.78. The monoisotopic (exact) mass is 473 g/mol. The van der Waals surface area contributed by atoms with E-state index in [0.717, 1.165) is 21.4 Å². The van der Waals surface area contributed by atoms with Gasteiger partial charge in [-0.1, -0.05) is 18.2 Å². The number of aromatic nitrogens is 1. The summed E-state index contributed by atoms with van der Waals surface area (Å²) in [4.78, 5) is 33.6. The Hall–Kier alpha value is -3.27. The molecule has 1 spiro atoms. The molecule has 0 bridgehead atoms. The van der Waals surface area contributed by atoms with E-state index in [4.69, 9.17) is 4.74 Å². The van der Waals surface area contributed by atoms with Crippen LogP contribution in [0, 0.1) is 0 Å². The Morgan fingerprint density at radius 2 is 1.79 bits per heavy atom. The van der Waals surface area contributed by atoms with Crippen molar-refractivity contribution in [2.75, 3.05) is 12.0 Å². The molecule has 1 aliphatic carbocycles. The number of para-hydroxylation sites is 1. The zero-order valence-corrected chi connectivity index (χ0v) is 18.2. The van der Waals surface area contributed by atoms with Gasteiger partial charge in [-0.3, -0.25) is 9.78 Å². The predicted octanol–water partition coefficient (Wildman–Crippen LogP) is 5.36. The fourth-order valence-electron chi connectivity index (χ4n) is 4.24. The third kappa shape index (κ3) is 3.68. The number of pyridine rings is 1.